The number of phenolic OH excluding ortho intramolecular Hbond substituents is 1. The van der Waals surface area contributed by atoms with Gasteiger partial charge in [0.1, 0.15) is 5.75 Å². The standard InChI is InChI=1S/C29H29NO2S.C2H6/c1-21-6-5-7-28(27(21)17-12-24(30)20-31)33-26-15-10-23(11-16-26)29(18-3-2-4-19-29)22-8-13-25(32)14-9-22;1-2/h5-17,20,30,32H,2-4,18-19H2,1H3;1-2H3/b17-12-,30-24?;. The van der Waals surface area contributed by atoms with Crippen LogP contribution in [0.1, 0.15) is 68.2 Å². The van der Waals surface area contributed by atoms with Crippen LogP contribution in [0.4, 0.5) is 0 Å². The first-order valence-corrected chi connectivity index (χ1v) is 13.2. The average Bonchev–Trinajstić information content (AvgIpc) is 2.90. The number of nitrogens with one attached hydrogen (secondary N) is 1. The molecule has 4 heteroatoms. The van der Waals surface area contributed by atoms with Gasteiger partial charge < -0.3 is 5.11 Å². The quantitative estimate of drug-likeness (QED) is 0.261. The van der Waals surface area contributed by atoms with Gasteiger partial charge >= 0.3 is 0 Å². The molecule has 1 saturated carbocycles. The van der Waals surface area contributed by atoms with E-state index in [1.165, 1.54) is 30.4 Å². The number of carbonyl (C=O) groups is 1. The van der Waals surface area contributed by atoms with Gasteiger partial charge in [-0.05, 0) is 78.4 Å². The second-order valence-corrected chi connectivity index (χ2v) is 9.82. The van der Waals surface area contributed by atoms with Gasteiger partial charge in [-0.15, -0.1) is 0 Å². The van der Waals surface area contributed by atoms with Crippen LogP contribution >= 0.6 is 11.8 Å². The van der Waals surface area contributed by atoms with Crippen molar-refractivity contribution in [2.45, 2.75) is 68.1 Å². The Morgan fingerprint density at radius 1 is 0.914 bits per heavy atom. The van der Waals surface area contributed by atoms with E-state index in [1.807, 2.05) is 39.0 Å². The molecule has 0 unspecified atom stereocenters. The van der Waals surface area contributed by atoms with Gasteiger partial charge in [0.05, 0.1) is 5.71 Å². The fourth-order valence-electron chi connectivity index (χ4n) is 4.82. The van der Waals surface area contributed by atoms with Gasteiger partial charge in [0, 0.05) is 15.2 Å². The number of phenols is 1. The number of aryl methyl sites for hydroxylation is 1. The number of hydrogen-bond acceptors (Lipinski definition) is 4. The molecule has 0 saturated heterocycles. The van der Waals surface area contributed by atoms with Crippen molar-refractivity contribution >= 4 is 29.8 Å². The van der Waals surface area contributed by atoms with E-state index in [9.17, 15) is 9.90 Å². The number of benzene rings is 3. The highest BCUT2D eigenvalue weighted by Gasteiger charge is 2.35. The van der Waals surface area contributed by atoms with Crippen LogP contribution in [0.3, 0.4) is 0 Å². The third kappa shape index (κ3) is 6.32. The van der Waals surface area contributed by atoms with E-state index < -0.39 is 0 Å². The molecule has 3 aromatic rings. The second-order valence-electron chi connectivity index (χ2n) is 8.71. The van der Waals surface area contributed by atoms with Crippen LogP contribution in [-0.4, -0.2) is 17.1 Å². The van der Waals surface area contributed by atoms with E-state index in [1.54, 1.807) is 30.0 Å². The van der Waals surface area contributed by atoms with E-state index in [0.29, 0.717) is 12.0 Å². The predicted octanol–water partition coefficient (Wildman–Crippen LogP) is 8.36. The Hall–Kier alpha value is -3.11. The van der Waals surface area contributed by atoms with Crippen LogP contribution in [-0.2, 0) is 10.2 Å². The summed E-state index contributed by atoms with van der Waals surface area (Å²) in [5.74, 6) is 0.308. The molecule has 0 bridgehead atoms. The average molecular weight is 486 g/mol. The molecule has 0 aromatic heterocycles. The molecule has 0 amide bonds. The van der Waals surface area contributed by atoms with Crippen LogP contribution in [0.2, 0.25) is 0 Å². The molecular weight excluding hydrogens is 450 g/mol. The van der Waals surface area contributed by atoms with E-state index in [0.717, 1.165) is 33.8 Å². The number of aldehydes is 1. The van der Waals surface area contributed by atoms with Crippen molar-refractivity contribution in [1.29, 1.82) is 5.41 Å². The lowest BCUT2D eigenvalue weighted by molar-refractivity contribution is -0.102. The van der Waals surface area contributed by atoms with E-state index in [4.69, 9.17) is 5.41 Å². The van der Waals surface area contributed by atoms with Crippen molar-refractivity contribution in [2.75, 3.05) is 0 Å². The fraction of sp³-hybridized carbons (Fsp3) is 0.290. The van der Waals surface area contributed by atoms with Gasteiger partial charge in [-0.3, -0.25) is 10.2 Å². The Bertz CT molecular complexity index is 1160. The molecule has 4 rings (SSSR count). The Kier molecular flexibility index (Phi) is 9.50. The van der Waals surface area contributed by atoms with Crippen LogP contribution in [0, 0.1) is 12.3 Å². The largest absolute Gasteiger partial charge is 0.508 e. The molecule has 0 atom stereocenters. The minimum Gasteiger partial charge on any atom is -0.508 e. The molecule has 0 spiro atoms. The van der Waals surface area contributed by atoms with Crippen molar-refractivity contribution in [3.05, 3.63) is 95.1 Å². The Balaban J connectivity index is 0.00000167. The zero-order valence-corrected chi connectivity index (χ0v) is 21.7. The Morgan fingerprint density at radius 2 is 1.51 bits per heavy atom. The number of hydrogen-bond donors (Lipinski definition) is 2. The third-order valence-electron chi connectivity index (χ3n) is 6.60. The maximum Gasteiger partial charge on any atom is 0.167 e. The topological polar surface area (TPSA) is 61.1 Å². The van der Waals surface area contributed by atoms with Crippen molar-refractivity contribution in [2.24, 2.45) is 0 Å². The molecule has 182 valence electrons. The van der Waals surface area contributed by atoms with Gasteiger partial charge in [0.15, 0.2) is 6.29 Å². The maximum atomic E-state index is 10.8. The molecule has 1 fully saturated rings. The van der Waals surface area contributed by atoms with Gasteiger partial charge in [-0.1, -0.05) is 87.3 Å². The second kappa shape index (κ2) is 12.6. The third-order valence-corrected chi connectivity index (χ3v) is 7.69. The first-order valence-electron chi connectivity index (χ1n) is 12.4. The number of carbonyl (C=O) groups excluding carboxylic acids is 1. The molecule has 3 nitrogen and oxygen atoms in total. The first kappa shape index (κ1) is 26.5. The van der Waals surface area contributed by atoms with E-state index in [-0.39, 0.29) is 11.1 Å². The maximum absolute atomic E-state index is 10.8. The molecular formula is C31H35NO2S. The summed E-state index contributed by atoms with van der Waals surface area (Å²) in [5, 5.41) is 17.4. The number of allylic oxidation sites excluding steroid dienone is 1. The monoisotopic (exact) mass is 485 g/mol. The summed E-state index contributed by atoms with van der Waals surface area (Å²) in [4.78, 5) is 13.1. The number of aromatic hydroxyl groups is 1. The molecule has 3 aromatic carbocycles. The molecule has 0 aliphatic heterocycles. The van der Waals surface area contributed by atoms with E-state index in [2.05, 4.69) is 42.5 Å². The highest BCUT2D eigenvalue weighted by atomic mass is 32.2. The molecule has 0 radical (unpaired) electrons. The normalized spacial score (nSPS) is 14.7. The van der Waals surface area contributed by atoms with Crippen LogP contribution in [0.5, 0.6) is 5.75 Å². The summed E-state index contributed by atoms with van der Waals surface area (Å²) in [6.45, 7) is 6.04. The molecule has 1 aliphatic carbocycles. The highest BCUT2D eigenvalue weighted by molar-refractivity contribution is 7.99. The zero-order chi connectivity index (χ0) is 25.3. The highest BCUT2D eigenvalue weighted by Crippen LogP contribution is 2.46. The number of rotatable bonds is 7. The van der Waals surface area contributed by atoms with Crippen molar-refractivity contribution in [3.8, 4) is 5.75 Å². The smallest absolute Gasteiger partial charge is 0.167 e. The van der Waals surface area contributed by atoms with Crippen molar-refractivity contribution in [3.63, 3.8) is 0 Å². The first-order chi connectivity index (χ1) is 17.0. The zero-order valence-electron chi connectivity index (χ0n) is 20.9. The summed E-state index contributed by atoms with van der Waals surface area (Å²) >= 11 is 1.70. The molecule has 0 heterocycles. The van der Waals surface area contributed by atoms with Crippen LogP contribution in [0.25, 0.3) is 6.08 Å². The Labute approximate surface area is 213 Å². The summed E-state index contributed by atoms with van der Waals surface area (Å²) in [6, 6.07) is 22.8. The minimum absolute atomic E-state index is 0.00156. The summed E-state index contributed by atoms with van der Waals surface area (Å²) in [6.07, 6.45) is 9.91. The van der Waals surface area contributed by atoms with Crippen LogP contribution < -0.4 is 0 Å². The van der Waals surface area contributed by atoms with Crippen molar-refractivity contribution < 1.29 is 9.90 Å². The van der Waals surface area contributed by atoms with Gasteiger partial charge in [-0.25, -0.2) is 0 Å². The lowest BCUT2D eigenvalue weighted by Gasteiger charge is -2.38. The summed E-state index contributed by atoms with van der Waals surface area (Å²) in [7, 11) is 0. The van der Waals surface area contributed by atoms with Crippen molar-refractivity contribution in [1.82, 2.24) is 0 Å². The molecule has 1 aliphatic rings. The van der Waals surface area contributed by atoms with E-state index >= 15 is 0 Å². The fourth-order valence-corrected chi connectivity index (χ4v) is 5.83. The van der Waals surface area contributed by atoms with Gasteiger partial charge in [-0.2, -0.15) is 0 Å². The minimum atomic E-state index is -0.0365. The summed E-state index contributed by atoms with van der Waals surface area (Å²) < 4.78 is 0. The lowest BCUT2D eigenvalue weighted by atomic mass is 9.65. The van der Waals surface area contributed by atoms with Crippen LogP contribution in [0.15, 0.2) is 82.6 Å². The van der Waals surface area contributed by atoms with Gasteiger partial charge in [0.2, 0.25) is 0 Å². The molecule has 35 heavy (non-hydrogen) atoms. The summed E-state index contributed by atoms with van der Waals surface area (Å²) in [5.41, 5.74) is 4.73. The molecule has 2 N–H and O–H groups in total. The predicted molar refractivity (Wildman–Crippen MR) is 148 cm³/mol. The SMILES string of the molecule is CC.Cc1cccc(Sc2ccc(C3(c4ccc(O)cc4)CCCCC3)cc2)c1/C=C\C(=N)C=O. The van der Waals surface area contributed by atoms with Gasteiger partial charge in [0.25, 0.3) is 0 Å². The Morgan fingerprint density at radius 3 is 2.11 bits per heavy atom. The lowest BCUT2D eigenvalue weighted by Crippen LogP contribution is -2.30.